The predicted octanol–water partition coefficient (Wildman–Crippen LogP) is 3.11. The quantitative estimate of drug-likeness (QED) is 0.759. The van der Waals surface area contributed by atoms with Gasteiger partial charge in [-0.3, -0.25) is 0 Å². The van der Waals surface area contributed by atoms with Crippen LogP contribution in [0.1, 0.15) is 57.8 Å². The first-order valence-electron chi connectivity index (χ1n) is 7.78. The molecule has 2 atom stereocenters. The molecule has 0 spiro atoms. The van der Waals surface area contributed by atoms with E-state index in [1.807, 2.05) is 0 Å². The van der Waals surface area contributed by atoms with Crippen molar-refractivity contribution in [2.24, 2.45) is 11.8 Å². The van der Waals surface area contributed by atoms with Crippen LogP contribution < -0.4 is 5.32 Å². The van der Waals surface area contributed by atoms with Gasteiger partial charge in [-0.15, -0.1) is 0 Å². The Morgan fingerprint density at radius 2 is 1.65 bits per heavy atom. The van der Waals surface area contributed by atoms with Crippen molar-refractivity contribution in [1.29, 1.82) is 0 Å². The van der Waals surface area contributed by atoms with Gasteiger partial charge in [0, 0.05) is 12.6 Å². The van der Waals surface area contributed by atoms with Crippen LogP contribution in [0, 0.1) is 11.8 Å². The Hall–Kier alpha value is -0.0800. The Morgan fingerprint density at radius 1 is 0.882 bits per heavy atom. The van der Waals surface area contributed by atoms with Crippen molar-refractivity contribution in [2.75, 3.05) is 13.2 Å². The maximum Gasteiger partial charge on any atom is 0.0756 e. The van der Waals surface area contributed by atoms with Crippen LogP contribution in [0.4, 0.5) is 0 Å². The van der Waals surface area contributed by atoms with E-state index in [-0.39, 0.29) is 0 Å². The Morgan fingerprint density at radius 3 is 2.35 bits per heavy atom. The molecule has 17 heavy (non-hydrogen) atoms. The molecular weight excluding hydrogens is 210 g/mol. The average molecular weight is 237 g/mol. The van der Waals surface area contributed by atoms with E-state index in [1.54, 1.807) is 0 Å². The van der Waals surface area contributed by atoms with Gasteiger partial charge in [0.15, 0.2) is 0 Å². The highest BCUT2D eigenvalue weighted by atomic mass is 16.5. The molecule has 0 radical (unpaired) electrons. The lowest BCUT2D eigenvalue weighted by Gasteiger charge is -2.22. The number of ether oxygens (including phenoxy) is 1. The van der Waals surface area contributed by atoms with Crippen LogP contribution in [0.5, 0.6) is 0 Å². The van der Waals surface area contributed by atoms with E-state index >= 15 is 0 Å². The third-order valence-corrected chi connectivity index (χ3v) is 4.87. The molecule has 3 fully saturated rings. The lowest BCUT2D eigenvalue weighted by Crippen LogP contribution is -2.40. The van der Waals surface area contributed by atoms with Crippen molar-refractivity contribution >= 4 is 0 Å². The topological polar surface area (TPSA) is 21.3 Å². The molecular formula is C15H27NO. The summed E-state index contributed by atoms with van der Waals surface area (Å²) in [5.41, 5.74) is 0. The van der Waals surface area contributed by atoms with Crippen LogP contribution in [0.2, 0.25) is 0 Å². The second kappa shape index (κ2) is 5.71. The molecule has 0 aromatic heterocycles. The fraction of sp³-hybridized carbons (Fsp3) is 1.00. The van der Waals surface area contributed by atoms with Gasteiger partial charge in [-0.2, -0.15) is 0 Å². The van der Waals surface area contributed by atoms with E-state index in [2.05, 4.69) is 5.32 Å². The summed E-state index contributed by atoms with van der Waals surface area (Å²) in [6, 6.07) is 0.672. The molecule has 2 nitrogen and oxygen atoms in total. The summed E-state index contributed by atoms with van der Waals surface area (Å²) in [6.45, 7) is 2.24. The minimum Gasteiger partial charge on any atom is -0.376 e. The van der Waals surface area contributed by atoms with Crippen molar-refractivity contribution in [1.82, 2.24) is 5.32 Å². The number of nitrogens with one attached hydrogen (secondary N) is 1. The smallest absolute Gasteiger partial charge is 0.0756 e. The maximum absolute atomic E-state index is 5.89. The van der Waals surface area contributed by atoms with E-state index in [0.717, 1.165) is 18.4 Å². The molecule has 98 valence electrons. The number of hydrogen-bond acceptors (Lipinski definition) is 2. The Bertz CT molecular complexity index is 231. The fourth-order valence-corrected chi connectivity index (χ4v) is 3.61. The molecule has 3 aliphatic rings. The zero-order valence-electron chi connectivity index (χ0n) is 11.0. The minimum absolute atomic E-state index is 0.556. The zero-order valence-corrected chi connectivity index (χ0v) is 11.0. The van der Waals surface area contributed by atoms with Gasteiger partial charge in [0.05, 0.1) is 6.10 Å². The van der Waals surface area contributed by atoms with Crippen LogP contribution in [0.3, 0.4) is 0 Å². The van der Waals surface area contributed by atoms with Gasteiger partial charge >= 0.3 is 0 Å². The summed E-state index contributed by atoms with van der Waals surface area (Å²) in [4.78, 5) is 0. The highest BCUT2D eigenvalue weighted by Gasteiger charge is 2.40. The molecule has 1 saturated heterocycles. The van der Waals surface area contributed by atoms with Crippen LogP contribution >= 0.6 is 0 Å². The Kier molecular flexibility index (Phi) is 4.02. The molecule has 1 N–H and O–H groups in total. The summed E-state index contributed by atoms with van der Waals surface area (Å²) >= 11 is 0. The predicted molar refractivity (Wildman–Crippen MR) is 70.1 cm³/mol. The molecule has 2 saturated carbocycles. The summed E-state index contributed by atoms with van der Waals surface area (Å²) in [5.74, 6) is 1.84. The highest BCUT2D eigenvalue weighted by Crippen LogP contribution is 2.38. The Balaban J connectivity index is 1.43. The second-order valence-electron chi connectivity index (χ2n) is 6.33. The SMILES string of the molecule is C1CCCC(CNC2CCOC2C2CC2)CC1. The lowest BCUT2D eigenvalue weighted by atomic mass is 9.99. The summed E-state index contributed by atoms with van der Waals surface area (Å²) < 4.78 is 5.89. The van der Waals surface area contributed by atoms with Crippen LogP contribution in [-0.4, -0.2) is 25.3 Å². The van der Waals surface area contributed by atoms with Gasteiger partial charge in [0.2, 0.25) is 0 Å². The lowest BCUT2D eigenvalue weighted by molar-refractivity contribution is 0.0802. The Labute approximate surface area is 105 Å². The molecule has 2 unspecified atom stereocenters. The van der Waals surface area contributed by atoms with Gasteiger partial charge in [-0.25, -0.2) is 0 Å². The molecule has 0 aromatic rings. The van der Waals surface area contributed by atoms with E-state index in [4.69, 9.17) is 4.74 Å². The zero-order chi connectivity index (χ0) is 11.5. The normalized spacial score (nSPS) is 36.0. The molecule has 0 bridgehead atoms. The molecule has 2 heteroatoms. The first-order chi connectivity index (χ1) is 8.43. The highest BCUT2D eigenvalue weighted by molar-refractivity contribution is 4.93. The minimum atomic E-state index is 0.556. The van der Waals surface area contributed by atoms with Gasteiger partial charge in [0.1, 0.15) is 0 Å². The van der Waals surface area contributed by atoms with Crippen LogP contribution in [0.15, 0.2) is 0 Å². The number of hydrogen-bond donors (Lipinski definition) is 1. The van der Waals surface area contributed by atoms with E-state index < -0.39 is 0 Å². The van der Waals surface area contributed by atoms with Crippen molar-refractivity contribution in [3.8, 4) is 0 Å². The van der Waals surface area contributed by atoms with Crippen molar-refractivity contribution in [3.05, 3.63) is 0 Å². The summed E-state index contributed by atoms with van der Waals surface area (Å²) in [7, 11) is 0. The van der Waals surface area contributed by atoms with E-state index in [0.29, 0.717) is 12.1 Å². The van der Waals surface area contributed by atoms with Crippen LogP contribution in [0.25, 0.3) is 0 Å². The number of rotatable bonds is 4. The van der Waals surface area contributed by atoms with Crippen molar-refractivity contribution < 1.29 is 4.74 Å². The molecule has 1 heterocycles. The third-order valence-electron chi connectivity index (χ3n) is 4.87. The molecule has 1 aliphatic heterocycles. The first kappa shape index (κ1) is 12.0. The van der Waals surface area contributed by atoms with Crippen molar-refractivity contribution in [2.45, 2.75) is 69.9 Å². The fourth-order valence-electron chi connectivity index (χ4n) is 3.61. The van der Waals surface area contributed by atoms with Gasteiger partial charge in [-0.1, -0.05) is 25.7 Å². The molecule has 0 amide bonds. The van der Waals surface area contributed by atoms with Gasteiger partial charge in [-0.05, 0) is 50.5 Å². The van der Waals surface area contributed by atoms with E-state index in [1.165, 1.54) is 64.3 Å². The van der Waals surface area contributed by atoms with Crippen molar-refractivity contribution in [3.63, 3.8) is 0 Å². The molecule has 2 aliphatic carbocycles. The van der Waals surface area contributed by atoms with E-state index in [9.17, 15) is 0 Å². The standard InChI is InChI=1S/C15H27NO/c1-2-4-6-12(5-3-1)11-16-14-9-10-17-15(14)13-7-8-13/h12-16H,1-11H2. The summed E-state index contributed by atoms with van der Waals surface area (Å²) in [6.07, 6.45) is 13.4. The average Bonchev–Trinajstić information content (AvgIpc) is 3.13. The monoisotopic (exact) mass is 237 g/mol. The molecule has 0 aromatic carbocycles. The third kappa shape index (κ3) is 3.23. The van der Waals surface area contributed by atoms with Gasteiger partial charge < -0.3 is 10.1 Å². The van der Waals surface area contributed by atoms with Crippen LogP contribution in [-0.2, 0) is 4.74 Å². The second-order valence-corrected chi connectivity index (χ2v) is 6.33. The first-order valence-corrected chi connectivity index (χ1v) is 7.78. The largest absolute Gasteiger partial charge is 0.376 e. The molecule has 3 rings (SSSR count). The summed E-state index contributed by atoms with van der Waals surface area (Å²) in [5, 5.41) is 3.83. The van der Waals surface area contributed by atoms with Gasteiger partial charge in [0.25, 0.3) is 0 Å². The maximum atomic E-state index is 5.89.